The van der Waals surface area contributed by atoms with Gasteiger partial charge < -0.3 is 19.9 Å². The Balaban J connectivity index is 1.71. The summed E-state index contributed by atoms with van der Waals surface area (Å²) in [6, 6.07) is 19.0. The van der Waals surface area contributed by atoms with Crippen LogP contribution in [0.1, 0.15) is 30.5 Å². The van der Waals surface area contributed by atoms with E-state index >= 15 is 0 Å². The van der Waals surface area contributed by atoms with Gasteiger partial charge in [-0.2, -0.15) is 0 Å². The number of hydrogen-bond donors (Lipinski definition) is 2. The molecule has 170 valence electrons. The largest absolute Gasteiger partial charge is 0.496 e. The van der Waals surface area contributed by atoms with Crippen LogP contribution in [0.3, 0.4) is 0 Å². The molecule has 0 radical (unpaired) electrons. The van der Waals surface area contributed by atoms with Gasteiger partial charge in [0, 0.05) is 30.0 Å². The van der Waals surface area contributed by atoms with Crippen LogP contribution in [0.15, 0.2) is 60.7 Å². The average molecular weight is 446 g/mol. The van der Waals surface area contributed by atoms with Gasteiger partial charge in [-0.15, -0.1) is 0 Å². The lowest BCUT2D eigenvalue weighted by Crippen LogP contribution is -2.29. The number of carboxylic acids is 1. The Bertz CT molecular complexity index is 1200. The third kappa shape index (κ3) is 6.58. The van der Waals surface area contributed by atoms with Crippen LogP contribution in [-0.4, -0.2) is 36.3 Å². The molecule has 0 aliphatic heterocycles. The van der Waals surface area contributed by atoms with Gasteiger partial charge in [-0.05, 0) is 42.3 Å². The van der Waals surface area contributed by atoms with E-state index in [9.17, 15) is 14.7 Å². The molecule has 0 bridgehead atoms. The summed E-state index contributed by atoms with van der Waals surface area (Å²) in [5.41, 5.74) is 2.28. The quantitative estimate of drug-likeness (QED) is 0.513. The number of methoxy groups -OCH3 is 1. The lowest BCUT2D eigenvalue weighted by atomic mass is 10.0. The molecule has 0 spiro atoms. The van der Waals surface area contributed by atoms with E-state index in [1.165, 1.54) is 0 Å². The van der Waals surface area contributed by atoms with Crippen LogP contribution in [0, 0.1) is 11.8 Å². The summed E-state index contributed by atoms with van der Waals surface area (Å²) in [4.78, 5) is 23.9. The lowest BCUT2D eigenvalue weighted by molar-refractivity contribution is -0.153. The first-order valence-corrected chi connectivity index (χ1v) is 10.7. The monoisotopic (exact) mass is 445 g/mol. The summed E-state index contributed by atoms with van der Waals surface area (Å²) in [6.07, 6.45) is -0.949. The first-order valence-electron chi connectivity index (χ1n) is 10.7. The second-order valence-electron chi connectivity index (χ2n) is 7.82. The molecule has 0 saturated heterocycles. The maximum Gasteiger partial charge on any atom is 0.333 e. The Hall–Kier alpha value is -3.82. The zero-order chi connectivity index (χ0) is 23.8. The molecule has 6 nitrogen and oxygen atoms in total. The molecule has 3 rings (SSSR count). The molecule has 0 fully saturated rings. The van der Waals surface area contributed by atoms with Gasteiger partial charge in [-0.1, -0.05) is 54.5 Å². The molecule has 3 aromatic rings. The number of hydrogen-bond acceptors (Lipinski definition) is 4. The van der Waals surface area contributed by atoms with Gasteiger partial charge in [0.1, 0.15) is 5.75 Å². The van der Waals surface area contributed by atoms with Gasteiger partial charge in [0.05, 0.1) is 13.2 Å². The average Bonchev–Trinajstić information content (AvgIpc) is 2.80. The zero-order valence-corrected chi connectivity index (χ0v) is 18.9. The van der Waals surface area contributed by atoms with Gasteiger partial charge in [0.15, 0.2) is 6.10 Å². The molecular weight excluding hydrogens is 418 g/mol. The fourth-order valence-corrected chi connectivity index (χ4v) is 3.51. The number of ether oxygens (including phenoxy) is 2. The molecule has 33 heavy (non-hydrogen) atoms. The fraction of sp³-hybridized carbons (Fsp3) is 0.259. The Morgan fingerprint density at radius 1 is 1.06 bits per heavy atom. The normalized spacial score (nSPS) is 11.5. The predicted molar refractivity (Wildman–Crippen MR) is 127 cm³/mol. The van der Waals surface area contributed by atoms with Crippen LogP contribution in [0.2, 0.25) is 0 Å². The van der Waals surface area contributed by atoms with E-state index in [1.54, 1.807) is 33.1 Å². The Morgan fingerprint density at radius 2 is 1.82 bits per heavy atom. The van der Waals surface area contributed by atoms with Crippen LogP contribution in [0.5, 0.6) is 5.75 Å². The van der Waals surface area contributed by atoms with E-state index in [2.05, 4.69) is 17.2 Å². The van der Waals surface area contributed by atoms with Gasteiger partial charge in [0.2, 0.25) is 0 Å². The van der Waals surface area contributed by atoms with Crippen LogP contribution in [0.4, 0.5) is 0 Å². The molecule has 1 unspecified atom stereocenters. The molecule has 1 atom stereocenters. The molecule has 3 aromatic carbocycles. The van der Waals surface area contributed by atoms with Crippen molar-refractivity contribution in [1.29, 1.82) is 0 Å². The van der Waals surface area contributed by atoms with Crippen molar-refractivity contribution in [1.82, 2.24) is 5.32 Å². The summed E-state index contributed by atoms with van der Waals surface area (Å²) in [5, 5.41) is 14.3. The number of amides is 1. The minimum atomic E-state index is -1.02. The summed E-state index contributed by atoms with van der Waals surface area (Å²) in [6.45, 7) is 3.79. The van der Waals surface area contributed by atoms with E-state index in [1.807, 2.05) is 48.5 Å². The minimum absolute atomic E-state index is 0.197. The second-order valence-corrected chi connectivity index (χ2v) is 7.82. The van der Waals surface area contributed by atoms with E-state index in [-0.39, 0.29) is 19.1 Å². The fourth-order valence-electron chi connectivity index (χ4n) is 3.51. The number of benzene rings is 3. The highest BCUT2D eigenvalue weighted by Crippen LogP contribution is 2.22. The maximum atomic E-state index is 12.4. The number of fused-ring (bicyclic) bond motifs is 1. The van der Waals surface area contributed by atoms with Gasteiger partial charge in [-0.25, -0.2) is 4.79 Å². The van der Waals surface area contributed by atoms with Crippen molar-refractivity contribution < 1.29 is 24.2 Å². The standard InChI is InChI=1S/C27H27NO5/c1-18(2)33-25(27(30)31)16-19-11-13-24(32-3)22(15-19)17-28-26(29)14-12-21-9-6-8-20-7-4-5-10-23(20)21/h4-11,13,15,18,25H,16-17H2,1-3H3,(H,28,29)(H,30,31). The van der Waals surface area contributed by atoms with Crippen LogP contribution >= 0.6 is 0 Å². The first-order chi connectivity index (χ1) is 15.9. The number of carbonyl (C=O) groups excluding carboxylic acids is 1. The molecule has 6 heteroatoms. The highest BCUT2D eigenvalue weighted by atomic mass is 16.5. The van der Waals surface area contributed by atoms with Gasteiger partial charge >= 0.3 is 5.97 Å². The topological polar surface area (TPSA) is 84.9 Å². The van der Waals surface area contributed by atoms with Crippen molar-refractivity contribution in [2.24, 2.45) is 0 Å². The number of nitrogens with one attached hydrogen (secondary N) is 1. The van der Waals surface area contributed by atoms with Crippen LogP contribution in [-0.2, 0) is 27.3 Å². The molecule has 0 heterocycles. The highest BCUT2D eigenvalue weighted by Gasteiger charge is 2.20. The molecular formula is C27H27NO5. The third-order valence-electron chi connectivity index (χ3n) is 5.02. The second kappa shape index (κ2) is 11.2. The molecule has 2 N–H and O–H groups in total. The Morgan fingerprint density at radius 3 is 2.55 bits per heavy atom. The van der Waals surface area contributed by atoms with E-state index < -0.39 is 18.0 Å². The molecule has 0 aliphatic rings. The van der Waals surface area contributed by atoms with E-state index in [4.69, 9.17) is 9.47 Å². The van der Waals surface area contributed by atoms with E-state index in [0.717, 1.165) is 27.5 Å². The third-order valence-corrected chi connectivity index (χ3v) is 5.02. The van der Waals surface area contributed by atoms with Crippen LogP contribution in [0.25, 0.3) is 10.8 Å². The Kier molecular flexibility index (Phi) is 8.06. The summed E-state index contributed by atoms with van der Waals surface area (Å²) >= 11 is 0. The van der Waals surface area contributed by atoms with E-state index in [0.29, 0.717) is 5.75 Å². The molecule has 0 aromatic heterocycles. The molecule has 1 amide bonds. The van der Waals surface area contributed by atoms with Crippen LogP contribution < -0.4 is 10.1 Å². The maximum absolute atomic E-state index is 12.4. The van der Waals surface area contributed by atoms with Crippen molar-refractivity contribution in [3.05, 3.63) is 77.4 Å². The van der Waals surface area contributed by atoms with Crippen molar-refractivity contribution in [2.45, 2.75) is 39.0 Å². The number of aliphatic carboxylic acids is 1. The number of carbonyl (C=O) groups is 2. The summed E-state index contributed by atoms with van der Waals surface area (Å²) in [5.74, 6) is 4.75. The van der Waals surface area contributed by atoms with Gasteiger partial charge in [0.25, 0.3) is 5.91 Å². The summed E-state index contributed by atoms with van der Waals surface area (Å²) in [7, 11) is 1.54. The molecule has 0 saturated carbocycles. The van der Waals surface area contributed by atoms with Crippen molar-refractivity contribution >= 4 is 22.6 Å². The number of carboxylic acid groups (broad SMARTS) is 1. The van der Waals surface area contributed by atoms with Gasteiger partial charge in [-0.3, -0.25) is 4.79 Å². The predicted octanol–water partition coefficient (Wildman–Crippen LogP) is 3.94. The smallest absolute Gasteiger partial charge is 0.333 e. The molecule has 0 aliphatic carbocycles. The first kappa shape index (κ1) is 23.8. The van der Waals surface area contributed by atoms with Crippen molar-refractivity contribution in [3.8, 4) is 17.6 Å². The SMILES string of the molecule is COc1ccc(CC(OC(C)C)C(=O)O)cc1CNC(=O)C#Cc1cccc2ccccc12. The minimum Gasteiger partial charge on any atom is -0.496 e. The van der Waals surface area contributed by atoms with Crippen molar-refractivity contribution in [2.75, 3.05) is 7.11 Å². The number of rotatable bonds is 8. The zero-order valence-electron chi connectivity index (χ0n) is 18.9. The summed E-state index contributed by atoms with van der Waals surface area (Å²) < 4.78 is 10.9. The van der Waals surface area contributed by atoms with Crippen molar-refractivity contribution in [3.63, 3.8) is 0 Å². The Labute approximate surface area is 193 Å². The lowest BCUT2D eigenvalue weighted by Gasteiger charge is -2.17. The highest BCUT2D eigenvalue weighted by molar-refractivity contribution is 5.96.